The van der Waals surface area contributed by atoms with E-state index in [-0.39, 0.29) is 12.5 Å². The number of anilines is 1. The average Bonchev–Trinajstić information content (AvgIpc) is 3.20. The Kier molecular flexibility index (Phi) is 6.22. The van der Waals surface area contributed by atoms with Crippen LogP contribution in [-0.4, -0.2) is 55.7 Å². The maximum Gasteiger partial charge on any atom is 0.260 e. The van der Waals surface area contributed by atoms with Crippen LogP contribution in [0.4, 0.5) is 5.13 Å². The number of halogens is 2. The summed E-state index contributed by atoms with van der Waals surface area (Å²) in [5.74, 6) is 1.17. The lowest BCUT2D eigenvalue weighted by molar-refractivity contribution is -0.133. The molecule has 0 N–H and O–H groups in total. The summed E-state index contributed by atoms with van der Waals surface area (Å²) in [6.45, 7) is 4.68. The van der Waals surface area contributed by atoms with Gasteiger partial charge in [-0.3, -0.25) is 4.79 Å². The second-order valence-corrected chi connectivity index (χ2v) is 8.81. The van der Waals surface area contributed by atoms with Crippen molar-refractivity contribution in [3.63, 3.8) is 0 Å². The molecule has 0 bridgehead atoms. The topological polar surface area (TPSA) is 54.9 Å². The van der Waals surface area contributed by atoms with Crippen LogP contribution in [0.15, 0.2) is 30.3 Å². The molecule has 1 aliphatic heterocycles. The monoisotopic (exact) mass is 465 g/mol. The van der Waals surface area contributed by atoms with E-state index in [9.17, 15) is 4.79 Å². The predicted octanol–water partition coefficient (Wildman–Crippen LogP) is 4.65. The van der Waals surface area contributed by atoms with Crippen molar-refractivity contribution in [2.24, 2.45) is 0 Å². The van der Waals surface area contributed by atoms with Gasteiger partial charge < -0.3 is 19.3 Å². The van der Waals surface area contributed by atoms with Gasteiger partial charge in [0.1, 0.15) is 17.0 Å². The summed E-state index contributed by atoms with van der Waals surface area (Å²) in [4.78, 5) is 21.4. The van der Waals surface area contributed by atoms with Gasteiger partial charge in [-0.1, -0.05) is 40.6 Å². The first-order valence-electron chi connectivity index (χ1n) is 9.51. The molecule has 0 saturated carbocycles. The third-order valence-corrected chi connectivity index (χ3v) is 6.84. The van der Waals surface area contributed by atoms with Crippen molar-refractivity contribution in [3.05, 3.63) is 45.9 Å². The predicted molar refractivity (Wildman–Crippen MR) is 122 cm³/mol. The van der Waals surface area contributed by atoms with Gasteiger partial charge in [0.05, 0.1) is 16.8 Å². The molecule has 4 rings (SSSR count). The van der Waals surface area contributed by atoms with Crippen LogP contribution in [0.25, 0.3) is 10.2 Å². The molecule has 1 saturated heterocycles. The standard InChI is InChI=1S/C21H21Cl2N3O3S/c1-13-3-5-17(28-2)19-20(13)30-21(24-19)26-9-7-25(8-10-26)18(27)12-29-16-6-4-14(22)11-15(16)23/h3-6,11H,7-10,12H2,1-2H3. The lowest BCUT2D eigenvalue weighted by Gasteiger charge is -2.34. The third kappa shape index (κ3) is 4.29. The summed E-state index contributed by atoms with van der Waals surface area (Å²) in [6, 6.07) is 8.94. The van der Waals surface area contributed by atoms with E-state index in [0.29, 0.717) is 42.0 Å². The number of aromatic nitrogens is 1. The number of hydrogen-bond donors (Lipinski definition) is 0. The number of ether oxygens (including phenoxy) is 2. The van der Waals surface area contributed by atoms with Gasteiger partial charge in [0.2, 0.25) is 0 Å². The maximum absolute atomic E-state index is 12.5. The Hall–Kier alpha value is -2.22. The van der Waals surface area contributed by atoms with Gasteiger partial charge in [0.15, 0.2) is 11.7 Å². The van der Waals surface area contributed by atoms with E-state index < -0.39 is 0 Å². The van der Waals surface area contributed by atoms with Gasteiger partial charge in [-0.2, -0.15) is 0 Å². The van der Waals surface area contributed by atoms with Crippen LogP contribution in [0, 0.1) is 6.92 Å². The molecule has 30 heavy (non-hydrogen) atoms. The molecular weight excluding hydrogens is 445 g/mol. The van der Waals surface area contributed by atoms with Gasteiger partial charge in [0.25, 0.3) is 5.91 Å². The van der Waals surface area contributed by atoms with Crippen molar-refractivity contribution in [3.8, 4) is 11.5 Å². The van der Waals surface area contributed by atoms with E-state index in [1.165, 1.54) is 5.56 Å². The van der Waals surface area contributed by atoms with Crippen molar-refractivity contribution in [1.82, 2.24) is 9.88 Å². The zero-order valence-corrected chi connectivity index (χ0v) is 19.0. The quantitative estimate of drug-likeness (QED) is 0.548. The highest BCUT2D eigenvalue weighted by Crippen LogP contribution is 2.36. The molecule has 0 aliphatic carbocycles. The van der Waals surface area contributed by atoms with E-state index in [1.54, 1.807) is 41.5 Å². The maximum atomic E-state index is 12.5. The molecular formula is C21H21Cl2N3O3S. The highest BCUT2D eigenvalue weighted by atomic mass is 35.5. The van der Waals surface area contributed by atoms with Crippen molar-refractivity contribution in [2.45, 2.75) is 6.92 Å². The number of piperazine rings is 1. The van der Waals surface area contributed by atoms with Crippen LogP contribution in [-0.2, 0) is 4.79 Å². The smallest absolute Gasteiger partial charge is 0.260 e. The molecule has 158 valence electrons. The summed E-state index contributed by atoms with van der Waals surface area (Å²) in [6.07, 6.45) is 0. The molecule has 0 unspecified atom stereocenters. The van der Waals surface area contributed by atoms with E-state index in [0.717, 1.165) is 21.1 Å². The number of amides is 1. The normalized spacial score (nSPS) is 14.3. The Bertz CT molecular complexity index is 1080. The van der Waals surface area contributed by atoms with Crippen molar-refractivity contribution in [2.75, 3.05) is 44.8 Å². The minimum Gasteiger partial charge on any atom is -0.494 e. The molecule has 0 radical (unpaired) electrons. The fourth-order valence-corrected chi connectivity index (χ4v) is 4.93. The van der Waals surface area contributed by atoms with E-state index in [1.807, 2.05) is 12.1 Å². The van der Waals surface area contributed by atoms with Crippen LogP contribution in [0.3, 0.4) is 0 Å². The van der Waals surface area contributed by atoms with Crippen LogP contribution in [0.1, 0.15) is 5.56 Å². The van der Waals surface area contributed by atoms with E-state index >= 15 is 0 Å². The summed E-state index contributed by atoms with van der Waals surface area (Å²) < 4.78 is 12.2. The number of hydrogen-bond acceptors (Lipinski definition) is 6. The highest BCUT2D eigenvalue weighted by Gasteiger charge is 2.24. The molecule has 2 heterocycles. The van der Waals surface area contributed by atoms with Crippen LogP contribution in [0.5, 0.6) is 11.5 Å². The number of carbonyl (C=O) groups excluding carboxylic acids is 1. The zero-order chi connectivity index (χ0) is 21.3. The first kappa shape index (κ1) is 21.0. The molecule has 0 atom stereocenters. The van der Waals surface area contributed by atoms with Crippen molar-refractivity contribution >= 4 is 55.8 Å². The molecule has 1 aliphatic rings. The van der Waals surface area contributed by atoms with Crippen LogP contribution in [0.2, 0.25) is 10.0 Å². The second kappa shape index (κ2) is 8.88. The summed E-state index contributed by atoms with van der Waals surface area (Å²) in [5, 5.41) is 1.87. The molecule has 1 amide bonds. The zero-order valence-electron chi connectivity index (χ0n) is 16.7. The number of methoxy groups -OCH3 is 1. The average molecular weight is 466 g/mol. The summed E-state index contributed by atoms with van der Waals surface area (Å²) in [7, 11) is 1.66. The van der Waals surface area contributed by atoms with Gasteiger partial charge in [0, 0.05) is 31.2 Å². The molecule has 0 spiro atoms. The Labute approximate surface area is 188 Å². The lowest BCUT2D eigenvalue weighted by atomic mass is 10.2. The van der Waals surface area contributed by atoms with Crippen LogP contribution >= 0.6 is 34.5 Å². The molecule has 9 heteroatoms. The Balaban J connectivity index is 1.37. The number of aryl methyl sites for hydroxylation is 1. The van der Waals surface area contributed by atoms with Crippen LogP contribution < -0.4 is 14.4 Å². The van der Waals surface area contributed by atoms with Gasteiger partial charge >= 0.3 is 0 Å². The number of rotatable bonds is 5. The van der Waals surface area contributed by atoms with Gasteiger partial charge in [-0.25, -0.2) is 4.98 Å². The minimum absolute atomic E-state index is 0.0567. The molecule has 2 aromatic carbocycles. The first-order valence-corrected chi connectivity index (χ1v) is 11.1. The second-order valence-electron chi connectivity index (χ2n) is 6.99. The summed E-state index contributed by atoms with van der Waals surface area (Å²) >= 11 is 13.6. The molecule has 1 fully saturated rings. The largest absolute Gasteiger partial charge is 0.494 e. The fraction of sp³-hybridized carbons (Fsp3) is 0.333. The SMILES string of the molecule is COc1ccc(C)c2sc(N3CCN(C(=O)COc4ccc(Cl)cc4Cl)CC3)nc12. The number of fused-ring (bicyclic) bond motifs is 1. The fourth-order valence-electron chi connectivity index (χ4n) is 3.37. The Morgan fingerprint density at radius 1 is 1.13 bits per heavy atom. The van der Waals surface area contributed by atoms with Gasteiger partial charge in [-0.15, -0.1) is 0 Å². The highest BCUT2D eigenvalue weighted by molar-refractivity contribution is 7.22. The number of nitrogens with zero attached hydrogens (tertiary/aromatic N) is 3. The molecule has 3 aromatic rings. The Morgan fingerprint density at radius 2 is 1.87 bits per heavy atom. The van der Waals surface area contributed by atoms with Crippen molar-refractivity contribution in [1.29, 1.82) is 0 Å². The van der Waals surface area contributed by atoms with E-state index in [2.05, 4.69) is 11.8 Å². The Morgan fingerprint density at radius 3 is 2.57 bits per heavy atom. The number of carbonyl (C=O) groups is 1. The first-order chi connectivity index (χ1) is 14.5. The minimum atomic E-state index is -0.0671. The van der Waals surface area contributed by atoms with Crippen molar-refractivity contribution < 1.29 is 14.3 Å². The third-order valence-electron chi connectivity index (χ3n) is 5.06. The molecule has 6 nitrogen and oxygen atoms in total. The number of benzene rings is 2. The van der Waals surface area contributed by atoms with E-state index in [4.69, 9.17) is 37.7 Å². The van der Waals surface area contributed by atoms with Gasteiger partial charge in [-0.05, 0) is 36.8 Å². The lowest BCUT2D eigenvalue weighted by Crippen LogP contribution is -2.50. The number of thiazole rings is 1. The summed E-state index contributed by atoms with van der Waals surface area (Å²) in [5.41, 5.74) is 2.07. The molecule has 1 aromatic heterocycles.